The number of hydrogen-bond donors (Lipinski definition) is 1. The van der Waals surface area contributed by atoms with Gasteiger partial charge in [0.2, 0.25) is 5.91 Å². The van der Waals surface area contributed by atoms with Crippen LogP contribution in [0.3, 0.4) is 0 Å². The van der Waals surface area contributed by atoms with Gasteiger partial charge in [0, 0.05) is 0 Å². The molecule has 0 aliphatic carbocycles. The zero-order valence-corrected chi connectivity index (χ0v) is 7.69. The molecule has 1 aliphatic heterocycles. The fraction of sp³-hybridized carbons (Fsp3) is 0.273. The van der Waals surface area contributed by atoms with Gasteiger partial charge in [-0.25, -0.2) is 0 Å². The number of benzene rings is 1. The van der Waals surface area contributed by atoms with Gasteiger partial charge in [-0.1, -0.05) is 30.3 Å². The normalized spacial score (nSPS) is 21.0. The quantitative estimate of drug-likeness (QED) is 0.690. The SMILES string of the molecule is O=C1CNC(=O)C1Cc1ccccc1. The Morgan fingerprint density at radius 2 is 1.93 bits per heavy atom. The smallest absolute Gasteiger partial charge is 0.231 e. The Labute approximate surface area is 82.1 Å². The first-order chi connectivity index (χ1) is 6.77. The van der Waals surface area contributed by atoms with Crippen LogP contribution in [-0.2, 0) is 16.0 Å². The van der Waals surface area contributed by atoms with Gasteiger partial charge in [-0.2, -0.15) is 0 Å². The Morgan fingerprint density at radius 3 is 2.50 bits per heavy atom. The third kappa shape index (κ3) is 1.66. The summed E-state index contributed by atoms with van der Waals surface area (Å²) < 4.78 is 0. The highest BCUT2D eigenvalue weighted by Gasteiger charge is 2.32. The zero-order chi connectivity index (χ0) is 9.97. The molecule has 1 fully saturated rings. The monoisotopic (exact) mass is 189 g/mol. The molecule has 0 saturated carbocycles. The van der Waals surface area contributed by atoms with Crippen molar-refractivity contribution < 1.29 is 9.59 Å². The second kappa shape index (κ2) is 3.62. The molecule has 72 valence electrons. The standard InChI is InChI=1S/C11H11NO2/c13-10-7-12-11(14)9(10)6-8-4-2-1-3-5-8/h1-5,9H,6-7H2,(H,12,14). The number of Topliss-reactive ketones (excluding diaryl/α,β-unsaturated/α-hetero) is 1. The molecule has 1 unspecified atom stereocenters. The topological polar surface area (TPSA) is 46.2 Å². The number of ketones is 1. The summed E-state index contributed by atoms with van der Waals surface area (Å²) in [6.45, 7) is 0.191. The molecule has 1 amide bonds. The Bertz CT molecular complexity index is 343. The molecular formula is C11H11NO2. The molecule has 1 aromatic carbocycles. The highest BCUT2D eigenvalue weighted by molar-refractivity contribution is 6.08. The van der Waals surface area contributed by atoms with Crippen LogP contribution < -0.4 is 5.32 Å². The van der Waals surface area contributed by atoms with Crippen molar-refractivity contribution in [3.05, 3.63) is 35.9 Å². The van der Waals surface area contributed by atoms with E-state index in [0.29, 0.717) is 6.42 Å². The molecule has 1 N–H and O–H groups in total. The van der Waals surface area contributed by atoms with Crippen LogP contribution in [0.25, 0.3) is 0 Å². The summed E-state index contributed by atoms with van der Waals surface area (Å²) in [7, 11) is 0. The molecule has 0 bridgehead atoms. The molecule has 1 atom stereocenters. The van der Waals surface area contributed by atoms with Gasteiger partial charge in [0.25, 0.3) is 0 Å². The first-order valence-corrected chi connectivity index (χ1v) is 4.62. The summed E-state index contributed by atoms with van der Waals surface area (Å²) in [4.78, 5) is 22.6. The average Bonchev–Trinajstić information content (AvgIpc) is 2.51. The van der Waals surface area contributed by atoms with Crippen LogP contribution in [0.1, 0.15) is 5.56 Å². The molecule has 1 aromatic rings. The van der Waals surface area contributed by atoms with E-state index >= 15 is 0 Å². The average molecular weight is 189 g/mol. The minimum atomic E-state index is -0.475. The molecule has 0 radical (unpaired) electrons. The van der Waals surface area contributed by atoms with Gasteiger partial charge in [0.15, 0.2) is 5.78 Å². The van der Waals surface area contributed by atoms with E-state index in [-0.39, 0.29) is 18.2 Å². The van der Waals surface area contributed by atoms with Crippen molar-refractivity contribution in [2.45, 2.75) is 6.42 Å². The number of hydrogen-bond acceptors (Lipinski definition) is 2. The molecule has 2 rings (SSSR count). The molecule has 3 heteroatoms. The van der Waals surface area contributed by atoms with Crippen molar-refractivity contribution >= 4 is 11.7 Å². The number of rotatable bonds is 2. The van der Waals surface area contributed by atoms with E-state index < -0.39 is 5.92 Å². The van der Waals surface area contributed by atoms with Crippen LogP contribution >= 0.6 is 0 Å². The van der Waals surface area contributed by atoms with Crippen molar-refractivity contribution in [2.75, 3.05) is 6.54 Å². The molecular weight excluding hydrogens is 178 g/mol. The first-order valence-electron chi connectivity index (χ1n) is 4.62. The summed E-state index contributed by atoms with van der Waals surface area (Å²) in [5.41, 5.74) is 1.03. The number of amides is 1. The van der Waals surface area contributed by atoms with E-state index in [1.807, 2.05) is 30.3 Å². The molecule has 0 aromatic heterocycles. The van der Waals surface area contributed by atoms with E-state index in [1.165, 1.54) is 0 Å². The maximum absolute atomic E-state index is 11.3. The largest absolute Gasteiger partial charge is 0.348 e. The van der Waals surface area contributed by atoms with Crippen molar-refractivity contribution in [2.24, 2.45) is 5.92 Å². The molecule has 0 spiro atoms. The van der Waals surface area contributed by atoms with Crippen molar-refractivity contribution in [3.8, 4) is 0 Å². The van der Waals surface area contributed by atoms with E-state index in [2.05, 4.69) is 5.32 Å². The second-order valence-corrected chi connectivity index (χ2v) is 3.43. The van der Waals surface area contributed by atoms with E-state index in [1.54, 1.807) is 0 Å². The lowest BCUT2D eigenvalue weighted by molar-refractivity contribution is -0.127. The molecule has 1 saturated heterocycles. The summed E-state index contributed by atoms with van der Waals surface area (Å²) >= 11 is 0. The van der Waals surface area contributed by atoms with Crippen LogP contribution in [0, 0.1) is 5.92 Å². The van der Waals surface area contributed by atoms with Crippen LogP contribution in [0.5, 0.6) is 0 Å². The number of carbonyl (C=O) groups is 2. The minimum absolute atomic E-state index is 0.00106. The van der Waals surface area contributed by atoms with Crippen molar-refractivity contribution in [1.29, 1.82) is 0 Å². The lowest BCUT2D eigenvalue weighted by Gasteiger charge is -2.04. The summed E-state index contributed by atoms with van der Waals surface area (Å²) in [5, 5.41) is 2.55. The fourth-order valence-electron chi connectivity index (χ4n) is 1.62. The second-order valence-electron chi connectivity index (χ2n) is 3.43. The van der Waals surface area contributed by atoms with Gasteiger partial charge >= 0.3 is 0 Å². The van der Waals surface area contributed by atoms with E-state index in [9.17, 15) is 9.59 Å². The fourth-order valence-corrected chi connectivity index (χ4v) is 1.62. The van der Waals surface area contributed by atoms with E-state index in [0.717, 1.165) is 5.56 Å². The van der Waals surface area contributed by atoms with Crippen LogP contribution in [0.4, 0.5) is 0 Å². The highest BCUT2D eigenvalue weighted by Crippen LogP contribution is 2.13. The predicted octanol–water partition coefficient (Wildman–Crippen LogP) is 0.544. The maximum atomic E-state index is 11.3. The van der Waals surface area contributed by atoms with Crippen LogP contribution in [0.2, 0.25) is 0 Å². The minimum Gasteiger partial charge on any atom is -0.348 e. The molecule has 3 nitrogen and oxygen atoms in total. The van der Waals surface area contributed by atoms with Gasteiger partial charge in [0.05, 0.1) is 6.54 Å². The lowest BCUT2D eigenvalue weighted by atomic mass is 9.97. The third-order valence-electron chi connectivity index (χ3n) is 2.42. The maximum Gasteiger partial charge on any atom is 0.231 e. The predicted molar refractivity (Wildman–Crippen MR) is 51.7 cm³/mol. The van der Waals surface area contributed by atoms with Gasteiger partial charge in [-0.3, -0.25) is 9.59 Å². The lowest BCUT2D eigenvalue weighted by Crippen LogP contribution is -2.21. The Balaban J connectivity index is 2.11. The van der Waals surface area contributed by atoms with Gasteiger partial charge in [0.1, 0.15) is 5.92 Å². The first kappa shape index (κ1) is 8.94. The Morgan fingerprint density at radius 1 is 1.21 bits per heavy atom. The van der Waals surface area contributed by atoms with Crippen molar-refractivity contribution in [1.82, 2.24) is 5.32 Å². The number of nitrogens with one attached hydrogen (secondary N) is 1. The summed E-state index contributed by atoms with van der Waals surface area (Å²) in [5.74, 6) is -0.616. The third-order valence-corrected chi connectivity index (χ3v) is 2.42. The van der Waals surface area contributed by atoms with Crippen molar-refractivity contribution in [3.63, 3.8) is 0 Å². The Kier molecular flexibility index (Phi) is 2.31. The summed E-state index contributed by atoms with van der Waals surface area (Å²) in [6, 6.07) is 9.59. The van der Waals surface area contributed by atoms with Gasteiger partial charge in [-0.15, -0.1) is 0 Å². The molecule has 14 heavy (non-hydrogen) atoms. The molecule has 1 heterocycles. The number of carbonyl (C=O) groups excluding carboxylic acids is 2. The molecule has 1 aliphatic rings. The van der Waals surface area contributed by atoms with Gasteiger partial charge < -0.3 is 5.32 Å². The highest BCUT2D eigenvalue weighted by atomic mass is 16.2. The zero-order valence-electron chi connectivity index (χ0n) is 7.69. The summed E-state index contributed by atoms with van der Waals surface area (Å²) in [6.07, 6.45) is 0.519. The van der Waals surface area contributed by atoms with Crippen LogP contribution in [0.15, 0.2) is 30.3 Å². The van der Waals surface area contributed by atoms with E-state index in [4.69, 9.17) is 0 Å². The van der Waals surface area contributed by atoms with Gasteiger partial charge in [-0.05, 0) is 12.0 Å². The Hall–Kier alpha value is -1.64. The van der Waals surface area contributed by atoms with Crippen LogP contribution in [-0.4, -0.2) is 18.2 Å².